The molecular weight excluding hydrogens is 814 g/mol. The van der Waals surface area contributed by atoms with Crippen molar-refractivity contribution in [3.05, 3.63) is 105 Å². The minimum absolute atomic E-state index is 0.000639. The van der Waals surface area contributed by atoms with Crippen molar-refractivity contribution >= 4 is 50.9 Å². The molecule has 19 heteroatoms. The van der Waals surface area contributed by atoms with Crippen molar-refractivity contribution in [3.63, 3.8) is 0 Å². The fraction of sp³-hybridized carbons (Fsp3) is 0.390. The van der Waals surface area contributed by atoms with Crippen LogP contribution in [0.4, 0.5) is 9.18 Å². The van der Waals surface area contributed by atoms with Crippen LogP contribution in [0.1, 0.15) is 77.3 Å². The Balaban J connectivity index is 1.46. The van der Waals surface area contributed by atoms with Gasteiger partial charge in [-0.05, 0) is 98.5 Å². The average molecular weight is 866 g/mol. The number of urea groups is 1. The average Bonchev–Trinajstić information content (AvgIpc) is 3.74. The number of amides is 4. The first kappa shape index (κ1) is 46.7. The third-order valence-corrected chi connectivity index (χ3v) is 12.1. The van der Waals surface area contributed by atoms with Crippen LogP contribution < -0.4 is 36.5 Å². The molecule has 0 fully saturated rings. The lowest BCUT2D eigenvalue weighted by atomic mass is 10.00. The maximum atomic E-state index is 13.9. The lowest BCUT2D eigenvalue weighted by Crippen LogP contribution is -2.58. The Bertz CT molecular complexity index is 2260. The van der Waals surface area contributed by atoms with Gasteiger partial charge in [0.1, 0.15) is 23.7 Å². The minimum Gasteiger partial charge on any atom is -0.496 e. The van der Waals surface area contributed by atoms with Crippen LogP contribution in [0.2, 0.25) is 0 Å². The van der Waals surface area contributed by atoms with Gasteiger partial charge in [-0.3, -0.25) is 24.4 Å². The van der Waals surface area contributed by atoms with Gasteiger partial charge in [0, 0.05) is 36.9 Å². The monoisotopic (exact) mass is 865 g/mol. The molecule has 16 nitrogen and oxygen atoms in total. The number of aryl methyl sites for hydroxylation is 1. The molecule has 4 rings (SSSR count). The Morgan fingerprint density at radius 2 is 1.65 bits per heavy atom. The first-order chi connectivity index (χ1) is 28.4. The van der Waals surface area contributed by atoms with Crippen LogP contribution in [0, 0.1) is 32.5 Å². The number of sulfonamides is 1. The van der Waals surface area contributed by atoms with E-state index < -0.39 is 69.6 Å². The van der Waals surface area contributed by atoms with E-state index in [1.165, 1.54) is 25.4 Å². The summed E-state index contributed by atoms with van der Waals surface area (Å²) in [6.45, 7) is 10.2. The van der Waals surface area contributed by atoms with Gasteiger partial charge in [-0.1, -0.05) is 32.0 Å². The molecule has 4 amide bonds. The van der Waals surface area contributed by atoms with Gasteiger partial charge in [0.2, 0.25) is 23.6 Å². The van der Waals surface area contributed by atoms with Crippen LogP contribution >= 0.6 is 11.3 Å². The number of rotatable bonds is 19. The molecular formula is C41H52FN9O7S2. The Labute approximate surface area is 353 Å². The van der Waals surface area contributed by atoms with E-state index in [-0.39, 0.29) is 41.7 Å². The maximum Gasteiger partial charge on any atom is 0.315 e. The standard InChI is InChI=1S/C41H52FN9O7S2/c1-23(2)34(50-37(53)32(21-28-10-8-16-44-22-28)49-41(55)47-27(6)29-12-14-30(42)15-13-29)38(54)48-31(35(52)39-45-18-19-59-39)11-9-17-46-40(43)51-60(56,57)36-24(3)20-33(58-7)25(4)26(36)5/h8,10,12-16,18-20,22-23,27,31-32,34H,9,11,17,21H2,1-7H3,(H,48,54)(H,50,53)(H3,43,46,51)(H2,47,49,55)/t27-,31+,32+,34+/m1/s1. The van der Waals surface area contributed by atoms with Crippen molar-refractivity contribution in [1.82, 2.24) is 36.0 Å². The van der Waals surface area contributed by atoms with Crippen LogP contribution in [0.25, 0.3) is 0 Å². The summed E-state index contributed by atoms with van der Waals surface area (Å²) < 4.78 is 47.8. The topological polar surface area (TPSA) is 236 Å². The summed E-state index contributed by atoms with van der Waals surface area (Å²) in [5.74, 6) is -2.47. The van der Waals surface area contributed by atoms with Crippen LogP contribution in [-0.4, -0.2) is 79.8 Å². The predicted octanol–water partition coefficient (Wildman–Crippen LogP) is 4.16. The molecule has 60 heavy (non-hydrogen) atoms. The lowest BCUT2D eigenvalue weighted by molar-refractivity contribution is -0.131. The number of pyridine rings is 1. The van der Waals surface area contributed by atoms with Gasteiger partial charge in [0.25, 0.3) is 10.0 Å². The maximum absolute atomic E-state index is 13.9. The predicted molar refractivity (Wildman–Crippen MR) is 227 cm³/mol. The van der Waals surface area contributed by atoms with Crippen molar-refractivity contribution in [1.29, 1.82) is 0 Å². The second-order valence-corrected chi connectivity index (χ2v) is 17.0. The first-order valence-electron chi connectivity index (χ1n) is 19.1. The smallest absolute Gasteiger partial charge is 0.315 e. The third kappa shape index (κ3) is 12.8. The molecule has 0 aliphatic rings. The highest BCUT2D eigenvalue weighted by Gasteiger charge is 2.33. The summed E-state index contributed by atoms with van der Waals surface area (Å²) in [5.41, 5.74) is 8.91. The summed E-state index contributed by atoms with van der Waals surface area (Å²) >= 11 is 1.10. The number of hydrogen-bond acceptors (Lipinski definition) is 11. The van der Waals surface area contributed by atoms with E-state index >= 15 is 0 Å². The van der Waals surface area contributed by atoms with Crippen molar-refractivity contribution < 1.29 is 36.7 Å². The summed E-state index contributed by atoms with van der Waals surface area (Å²) in [6, 6.07) is 6.11. The molecule has 0 aliphatic carbocycles. The molecule has 4 aromatic rings. The van der Waals surface area contributed by atoms with E-state index in [9.17, 15) is 32.0 Å². The number of Topliss-reactive ketones (excluding diaryl/α,β-unsaturated/α-hetero) is 1. The molecule has 0 spiro atoms. The van der Waals surface area contributed by atoms with E-state index in [1.54, 1.807) is 89.6 Å². The zero-order chi connectivity index (χ0) is 44.1. The number of nitrogens with two attached hydrogens (primary N) is 1. The van der Waals surface area contributed by atoms with Crippen LogP contribution in [-0.2, 0) is 26.0 Å². The Morgan fingerprint density at radius 1 is 0.933 bits per heavy atom. The number of ketones is 1. The van der Waals surface area contributed by atoms with E-state index in [0.717, 1.165) is 11.3 Å². The number of aliphatic imine (C=N–C) groups is 1. The van der Waals surface area contributed by atoms with Crippen molar-refractivity contribution in [2.24, 2.45) is 16.6 Å². The zero-order valence-electron chi connectivity index (χ0n) is 34.5. The van der Waals surface area contributed by atoms with Gasteiger partial charge in [-0.15, -0.1) is 11.3 Å². The molecule has 2 aromatic carbocycles. The Morgan fingerprint density at radius 3 is 2.27 bits per heavy atom. The first-order valence-corrected chi connectivity index (χ1v) is 21.5. The summed E-state index contributed by atoms with van der Waals surface area (Å²) in [5, 5.41) is 12.8. The number of nitrogens with one attached hydrogen (secondary N) is 5. The molecule has 2 aromatic heterocycles. The molecule has 0 radical (unpaired) electrons. The molecule has 7 N–H and O–H groups in total. The van der Waals surface area contributed by atoms with Gasteiger partial charge < -0.3 is 31.7 Å². The molecule has 322 valence electrons. The fourth-order valence-corrected chi connectivity index (χ4v) is 8.48. The number of carbonyl (C=O) groups excluding carboxylic acids is 4. The van der Waals surface area contributed by atoms with Crippen molar-refractivity contribution in [2.45, 2.75) is 89.9 Å². The number of guanidine groups is 1. The number of methoxy groups -OCH3 is 1. The number of ether oxygens (including phenoxy) is 1. The summed E-state index contributed by atoms with van der Waals surface area (Å²) in [7, 11) is -2.61. The quantitative estimate of drug-likeness (QED) is 0.0341. The highest BCUT2D eigenvalue weighted by Crippen LogP contribution is 2.30. The molecule has 0 aliphatic heterocycles. The van der Waals surface area contributed by atoms with E-state index in [1.807, 2.05) is 0 Å². The normalized spacial score (nSPS) is 13.7. The van der Waals surface area contributed by atoms with Gasteiger partial charge >= 0.3 is 6.03 Å². The minimum atomic E-state index is -4.11. The van der Waals surface area contributed by atoms with Gasteiger partial charge in [-0.25, -0.2) is 27.3 Å². The molecule has 0 bridgehead atoms. The molecule has 0 saturated heterocycles. The van der Waals surface area contributed by atoms with Gasteiger partial charge in [0.05, 0.1) is 24.1 Å². The van der Waals surface area contributed by atoms with Crippen molar-refractivity contribution in [3.8, 4) is 5.75 Å². The number of thiazole rings is 1. The van der Waals surface area contributed by atoms with Crippen LogP contribution in [0.15, 0.2) is 76.3 Å². The molecule has 4 atom stereocenters. The number of carbonyl (C=O) groups is 4. The number of halogens is 1. The van der Waals surface area contributed by atoms with E-state index in [0.29, 0.717) is 33.6 Å². The number of hydrogen-bond donors (Lipinski definition) is 6. The summed E-state index contributed by atoms with van der Waals surface area (Å²) in [6.07, 6.45) is 4.89. The van der Waals surface area contributed by atoms with E-state index in [2.05, 4.69) is 40.9 Å². The number of aromatic nitrogens is 2. The molecule has 0 saturated carbocycles. The zero-order valence-corrected chi connectivity index (χ0v) is 36.2. The third-order valence-electron chi connectivity index (χ3n) is 9.66. The fourth-order valence-electron chi connectivity index (χ4n) is 6.37. The van der Waals surface area contributed by atoms with Gasteiger partial charge in [-0.2, -0.15) is 0 Å². The largest absolute Gasteiger partial charge is 0.496 e. The molecule has 0 unspecified atom stereocenters. The number of benzene rings is 2. The molecule has 2 heterocycles. The highest BCUT2D eigenvalue weighted by atomic mass is 32.2. The van der Waals surface area contributed by atoms with Gasteiger partial charge in [0.15, 0.2) is 5.01 Å². The highest BCUT2D eigenvalue weighted by molar-refractivity contribution is 7.90. The van der Waals surface area contributed by atoms with E-state index in [4.69, 9.17) is 10.5 Å². The van der Waals surface area contributed by atoms with Crippen LogP contribution in [0.5, 0.6) is 5.75 Å². The van der Waals surface area contributed by atoms with Crippen molar-refractivity contribution in [2.75, 3.05) is 13.7 Å². The SMILES string of the molecule is COc1cc(C)c(S(=O)(=O)NC(N)=NCCC[C@H](NC(=O)[C@@H](NC(=O)[C@H](Cc2cccnc2)NC(=O)N[C@H](C)c2ccc(F)cc2)C(C)C)C(=O)c2nccs2)c(C)c1C. The second kappa shape index (κ2) is 21.3. The second-order valence-electron chi connectivity index (χ2n) is 14.5. The lowest BCUT2D eigenvalue weighted by Gasteiger charge is -2.27. The summed E-state index contributed by atoms with van der Waals surface area (Å²) in [4.78, 5) is 67.0. The van der Waals surface area contributed by atoms with Crippen LogP contribution in [0.3, 0.4) is 0 Å². The Hall–Kier alpha value is -5.95. The Kier molecular flexibility index (Phi) is 16.6. The number of nitrogens with zero attached hydrogens (tertiary/aromatic N) is 3.